The molecule has 0 radical (unpaired) electrons. The largest absolute Gasteiger partial charge is 0.447 e. The standard InChI is InChI=1S/C15H9BrClFN4O2/c16-9-6-19-21-4-3-13(20-14(9)21)22-12(7-24-15(22)23)8-1-2-11(18)10(17)5-8/h1-6,12H,7H2. The van der Waals surface area contributed by atoms with Crippen molar-refractivity contribution in [3.05, 3.63) is 57.5 Å². The van der Waals surface area contributed by atoms with Crippen LogP contribution in [-0.2, 0) is 4.74 Å². The first-order valence-corrected chi connectivity index (χ1v) is 8.12. The minimum absolute atomic E-state index is 0.00579. The van der Waals surface area contributed by atoms with E-state index in [9.17, 15) is 9.18 Å². The summed E-state index contributed by atoms with van der Waals surface area (Å²) in [6.07, 6.45) is 2.79. The summed E-state index contributed by atoms with van der Waals surface area (Å²) in [7, 11) is 0. The number of hydrogen-bond donors (Lipinski definition) is 0. The van der Waals surface area contributed by atoms with E-state index in [1.54, 1.807) is 29.0 Å². The zero-order valence-electron chi connectivity index (χ0n) is 12.0. The molecule has 1 saturated heterocycles. The molecular weight excluding hydrogens is 403 g/mol. The van der Waals surface area contributed by atoms with Crippen molar-refractivity contribution in [3.63, 3.8) is 0 Å². The lowest BCUT2D eigenvalue weighted by atomic mass is 10.1. The Morgan fingerprint density at radius 2 is 2.21 bits per heavy atom. The van der Waals surface area contributed by atoms with E-state index in [0.29, 0.717) is 21.5 Å². The molecule has 0 N–H and O–H groups in total. The highest BCUT2D eigenvalue weighted by molar-refractivity contribution is 9.10. The lowest BCUT2D eigenvalue weighted by molar-refractivity contribution is 0.179. The molecule has 0 saturated carbocycles. The zero-order chi connectivity index (χ0) is 16.8. The van der Waals surface area contributed by atoms with Crippen LogP contribution in [-0.4, -0.2) is 27.3 Å². The number of rotatable bonds is 2. The second kappa shape index (κ2) is 5.71. The topological polar surface area (TPSA) is 59.7 Å². The fourth-order valence-electron chi connectivity index (χ4n) is 2.61. The molecule has 3 aromatic rings. The van der Waals surface area contributed by atoms with Crippen molar-refractivity contribution in [1.82, 2.24) is 14.6 Å². The number of carbonyl (C=O) groups excluding carboxylic acids is 1. The number of amides is 1. The van der Waals surface area contributed by atoms with Crippen LogP contribution in [0.3, 0.4) is 0 Å². The van der Waals surface area contributed by atoms with Crippen LogP contribution in [0.2, 0.25) is 5.02 Å². The SMILES string of the molecule is O=C1OCC(c2ccc(F)c(Cl)c2)N1c1ccn2ncc(Br)c2n1. The summed E-state index contributed by atoms with van der Waals surface area (Å²) in [6.45, 7) is 0.133. The third-order valence-electron chi connectivity index (χ3n) is 3.76. The van der Waals surface area contributed by atoms with E-state index in [-0.39, 0.29) is 11.6 Å². The summed E-state index contributed by atoms with van der Waals surface area (Å²) >= 11 is 9.22. The molecule has 1 aliphatic rings. The number of fused-ring (bicyclic) bond motifs is 1. The number of anilines is 1. The van der Waals surface area contributed by atoms with Gasteiger partial charge in [-0.1, -0.05) is 17.7 Å². The van der Waals surface area contributed by atoms with Crippen molar-refractivity contribution in [2.75, 3.05) is 11.5 Å². The van der Waals surface area contributed by atoms with Gasteiger partial charge >= 0.3 is 6.09 Å². The molecule has 6 nitrogen and oxygen atoms in total. The number of cyclic esters (lactones) is 1. The number of nitrogens with zero attached hydrogens (tertiary/aromatic N) is 4. The van der Waals surface area contributed by atoms with Gasteiger partial charge in [-0.2, -0.15) is 5.10 Å². The Balaban J connectivity index is 1.79. The maximum absolute atomic E-state index is 13.4. The van der Waals surface area contributed by atoms with Crippen molar-refractivity contribution >= 4 is 45.1 Å². The Bertz CT molecular complexity index is 964. The van der Waals surface area contributed by atoms with Gasteiger partial charge in [0.15, 0.2) is 5.65 Å². The van der Waals surface area contributed by atoms with Gasteiger partial charge in [-0.3, -0.25) is 4.90 Å². The molecule has 9 heteroatoms. The summed E-state index contributed by atoms with van der Waals surface area (Å²) in [5.41, 5.74) is 1.24. The van der Waals surface area contributed by atoms with Crippen LogP contribution in [0.1, 0.15) is 11.6 Å². The summed E-state index contributed by atoms with van der Waals surface area (Å²) in [5.74, 6) is -0.100. The predicted molar refractivity (Wildman–Crippen MR) is 88.7 cm³/mol. The van der Waals surface area contributed by atoms with Crippen LogP contribution in [0.5, 0.6) is 0 Å². The van der Waals surface area contributed by atoms with E-state index in [0.717, 1.165) is 0 Å². The predicted octanol–water partition coefficient (Wildman–Crippen LogP) is 3.98. The summed E-state index contributed by atoms with van der Waals surface area (Å²) < 4.78 is 20.8. The minimum Gasteiger partial charge on any atom is -0.447 e. The number of ether oxygens (including phenoxy) is 1. The van der Waals surface area contributed by atoms with Gasteiger partial charge in [-0.05, 0) is 39.7 Å². The van der Waals surface area contributed by atoms with Crippen LogP contribution in [0.4, 0.5) is 15.0 Å². The van der Waals surface area contributed by atoms with Crippen LogP contribution >= 0.6 is 27.5 Å². The first-order valence-electron chi connectivity index (χ1n) is 6.95. The van der Waals surface area contributed by atoms with Crippen LogP contribution in [0.15, 0.2) is 41.1 Å². The summed E-state index contributed by atoms with van der Waals surface area (Å²) in [6, 6.07) is 5.56. The van der Waals surface area contributed by atoms with Crippen LogP contribution in [0.25, 0.3) is 5.65 Å². The minimum atomic E-state index is -0.520. The Morgan fingerprint density at radius 3 is 3.00 bits per heavy atom. The molecule has 1 aliphatic heterocycles. The van der Waals surface area contributed by atoms with Crippen molar-refractivity contribution in [3.8, 4) is 0 Å². The zero-order valence-corrected chi connectivity index (χ0v) is 14.3. The molecule has 3 heterocycles. The van der Waals surface area contributed by atoms with Gasteiger partial charge in [0.05, 0.1) is 15.7 Å². The van der Waals surface area contributed by atoms with Crippen molar-refractivity contribution in [2.45, 2.75) is 6.04 Å². The molecule has 0 bridgehead atoms. The maximum Gasteiger partial charge on any atom is 0.416 e. The Kier molecular flexibility index (Phi) is 3.65. The molecule has 4 rings (SSSR count). The Hall–Kier alpha value is -2.19. The molecule has 2 aromatic heterocycles. The average molecular weight is 412 g/mol. The lowest BCUT2D eigenvalue weighted by Gasteiger charge is -2.21. The monoisotopic (exact) mass is 410 g/mol. The third kappa shape index (κ3) is 2.42. The van der Waals surface area contributed by atoms with Gasteiger partial charge in [-0.25, -0.2) is 18.7 Å². The van der Waals surface area contributed by atoms with E-state index in [2.05, 4.69) is 26.0 Å². The second-order valence-corrected chi connectivity index (χ2v) is 6.44. The highest BCUT2D eigenvalue weighted by Gasteiger charge is 2.36. The fraction of sp³-hybridized carbons (Fsp3) is 0.133. The summed E-state index contributed by atoms with van der Waals surface area (Å²) in [4.78, 5) is 18.1. The molecule has 1 amide bonds. The molecule has 1 aromatic carbocycles. The Morgan fingerprint density at radius 1 is 1.38 bits per heavy atom. The van der Waals surface area contributed by atoms with Gasteiger partial charge < -0.3 is 4.74 Å². The van der Waals surface area contributed by atoms with Gasteiger partial charge in [0, 0.05) is 6.20 Å². The van der Waals surface area contributed by atoms with E-state index < -0.39 is 18.0 Å². The third-order valence-corrected chi connectivity index (χ3v) is 4.61. The molecule has 1 atom stereocenters. The quantitative estimate of drug-likeness (QED) is 0.640. The molecule has 1 fully saturated rings. The number of aromatic nitrogens is 3. The molecule has 0 aliphatic carbocycles. The molecule has 0 spiro atoms. The average Bonchev–Trinajstić information content (AvgIpc) is 3.13. The van der Waals surface area contributed by atoms with Crippen molar-refractivity contribution in [1.29, 1.82) is 0 Å². The number of carbonyl (C=O) groups is 1. The van der Waals surface area contributed by atoms with Crippen molar-refractivity contribution < 1.29 is 13.9 Å². The van der Waals surface area contributed by atoms with E-state index in [1.807, 2.05) is 0 Å². The van der Waals surface area contributed by atoms with Crippen LogP contribution in [0, 0.1) is 5.82 Å². The van der Waals surface area contributed by atoms with Crippen molar-refractivity contribution in [2.24, 2.45) is 0 Å². The second-order valence-electron chi connectivity index (χ2n) is 5.18. The molecule has 1 unspecified atom stereocenters. The van der Waals surface area contributed by atoms with E-state index in [4.69, 9.17) is 16.3 Å². The van der Waals surface area contributed by atoms with E-state index in [1.165, 1.54) is 17.0 Å². The van der Waals surface area contributed by atoms with Gasteiger partial charge in [0.1, 0.15) is 24.3 Å². The first-order chi connectivity index (χ1) is 11.5. The molecule has 24 heavy (non-hydrogen) atoms. The first kappa shape index (κ1) is 15.3. The lowest BCUT2D eigenvalue weighted by Crippen LogP contribution is -2.28. The fourth-order valence-corrected chi connectivity index (χ4v) is 3.16. The summed E-state index contributed by atoms with van der Waals surface area (Å²) in [5, 5.41) is 4.11. The van der Waals surface area contributed by atoms with Crippen LogP contribution < -0.4 is 4.90 Å². The van der Waals surface area contributed by atoms with E-state index >= 15 is 0 Å². The van der Waals surface area contributed by atoms with Gasteiger partial charge in [0.2, 0.25) is 0 Å². The van der Waals surface area contributed by atoms with Gasteiger partial charge in [-0.15, -0.1) is 0 Å². The molecule has 122 valence electrons. The Labute approximate surface area is 148 Å². The normalized spacial score (nSPS) is 17.5. The highest BCUT2D eigenvalue weighted by Crippen LogP contribution is 2.34. The number of halogens is 3. The van der Waals surface area contributed by atoms with Gasteiger partial charge in [0.25, 0.3) is 0 Å². The number of benzene rings is 1. The maximum atomic E-state index is 13.4. The highest BCUT2D eigenvalue weighted by atomic mass is 79.9. The molecular formula is C15H9BrClFN4O2. The smallest absolute Gasteiger partial charge is 0.416 e. The number of hydrogen-bond acceptors (Lipinski definition) is 4.